The SMILES string of the molecule is O=C(CCCc1cccs1)NCc1ccccc1. The summed E-state index contributed by atoms with van der Waals surface area (Å²) in [7, 11) is 0. The fourth-order valence-electron chi connectivity index (χ4n) is 1.76. The molecule has 0 aliphatic carbocycles. The van der Waals surface area contributed by atoms with E-state index < -0.39 is 0 Å². The molecule has 1 N–H and O–H groups in total. The second-order valence-corrected chi connectivity index (χ2v) is 5.23. The molecule has 0 saturated carbocycles. The van der Waals surface area contributed by atoms with Gasteiger partial charge in [-0.1, -0.05) is 36.4 Å². The molecule has 0 unspecified atom stereocenters. The topological polar surface area (TPSA) is 29.1 Å². The van der Waals surface area contributed by atoms with Crippen molar-refractivity contribution in [2.24, 2.45) is 0 Å². The molecule has 1 aromatic carbocycles. The quantitative estimate of drug-likeness (QED) is 0.846. The Morgan fingerprint density at radius 3 is 2.67 bits per heavy atom. The highest BCUT2D eigenvalue weighted by molar-refractivity contribution is 7.09. The molecule has 94 valence electrons. The van der Waals surface area contributed by atoms with Crippen LogP contribution in [0.25, 0.3) is 0 Å². The number of aryl methyl sites for hydroxylation is 1. The summed E-state index contributed by atoms with van der Waals surface area (Å²) in [6, 6.07) is 14.2. The van der Waals surface area contributed by atoms with Gasteiger partial charge in [-0.3, -0.25) is 4.79 Å². The van der Waals surface area contributed by atoms with Crippen molar-refractivity contribution in [2.75, 3.05) is 0 Å². The van der Waals surface area contributed by atoms with Gasteiger partial charge in [0.2, 0.25) is 5.91 Å². The zero-order chi connectivity index (χ0) is 12.6. The summed E-state index contributed by atoms with van der Waals surface area (Å²) in [5.41, 5.74) is 1.14. The number of hydrogen-bond acceptors (Lipinski definition) is 2. The first-order valence-electron chi connectivity index (χ1n) is 6.17. The average molecular weight is 259 g/mol. The Kier molecular flexibility index (Phi) is 4.97. The smallest absolute Gasteiger partial charge is 0.220 e. The van der Waals surface area contributed by atoms with Crippen molar-refractivity contribution in [1.82, 2.24) is 5.32 Å². The number of carbonyl (C=O) groups excluding carboxylic acids is 1. The Hall–Kier alpha value is -1.61. The average Bonchev–Trinajstić information content (AvgIpc) is 2.91. The first-order chi connectivity index (χ1) is 8.84. The van der Waals surface area contributed by atoms with Gasteiger partial charge < -0.3 is 5.32 Å². The van der Waals surface area contributed by atoms with Crippen LogP contribution in [0.15, 0.2) is 47.8 Å². The summed E-state index contributed by atoms with van der Waals surface area (Å²) < 4.78 is 0. The van der Waals surface area contributed by atoms with Crippen LogP contribution in [0.1, 0.15) is 23.3 Å². The number of carbonyl (C=O) groups is 1. The van der Waals surface area contributed by atoms with Gasteiger partial charge in [0.1, 0.15) is 0 Å². The molecule has 0 bridgehead atoms. The summed E-state index contributed by atoms with van der Waals surface area (Å²) in [5.74, 6) is 0.135. The zero-order valence-corrected chi connectivity index (χ0v) is 11.1. The van der Waals surface area contributed by atoms with Crippen molar-refractivity contribution in [1.29, 1.82) is 0 Å². The van der Waals surface area contributed by atoms with E-state index in [-0.39, 0.29) is 5.91 Å². The van der Waals surface area contributed by atoms with Crippen molar-refractivity contribution < 1.29 is 4.79 Å². The van der Waals surface area contributed by atoms with Crippen LogP contribution in [-0.4, -0.2) is 5.91 Å². The normalized spacial score (nSPS) is 10.2. The minimum Gasteiger partial charge on any atom is -0.352 e. The monoisotopic (exact) mass is 259 g/mol. The van der Waals surface area contributed by atoms with E-state index >= 15 is 0 Å². The summed E-state index contributed by atoms with van der Waals surface area (Å²) in [4.78, 5) is 13.0. The molecule has 3 heteroatoms. The third-order valence-corrected chi connectivity index (χ3v) is 3.68. The number of thiophene rings is 1. The lowest BCUT2D eigenvalue weighted by Gasteiger charge is -2.04. The summed E-state index contributed by atoms with van der Waals surface area (Å²) in [6.07, 6.45) is 2.52. The van der Waals surface area contributed by atoms with E-state index in [1.54, 1.807) is 11.3 Å². The van der Waals surface area contributed by atoms with Crippen molar-refractivity contribution in [3.05, 3.63) is 58.3 Å². The molecule has 1 amide bonds. The Balaban J connectivity index is 1.63. The maximum atomic E-state index is 11.6. The van der Waals surface area contributed by atoms with Gasteiger partial charge in [0, 0.05) is 17.8 Å². The molecule has 0 fully saturated rings. The van der Waals surface area contributed by atoms with Crippen molar-refractivity contribution >= 4 is 17.2 Å². The Morgan fingerprint density at radius 1 is 1.11 bits per heavy atom. The molecule has 2 aromatic rings. The third-order valence-electron chi connectivity index (χ3n) is 2.74. The van der Waals surface area contributed by atoms with Gasteiger partial charge >= 0.3 is 0 Å². The number of benzene rings is 1. The van der Waals surface area contributed by atoms with Crippen molar-refractivity contribution in [3.63, 3.8) is 0 Å². The molecule has 0 radical (unpaired) electrons. The highest BCUT2D eigenvalue weighted by Gasteiger charge is 2.02. The Bertz CT molecular complexity index is 465. The predicted octanol–water partition coefficient (Wildman–Crippen LogP) is 3.39. The molecule has 18 heavy (non-hydrogen) atoms. The lowest BCUT2D eigenvalue weighted by atomic mass is 10.2. The van der Waals surface area contributed by atoms with Crippen LogP contribution < -0.4 is 5.32 Å². The molecule has 0 aliphatic rings. The number of hydrogen-bond donors (Lipinski definition) is 1. The van der Waals surface area contributed by atoms with E-state index in [1.807, 2.05) is 30.3 Å². The third kappa shape index (κ3) is 4.34. The molecule has 2 rings (SSSR count). The van der Waals surface area contributed by atoms with Crippen LogP contribution >= 0.6 is 11.3 Å². The van der Waals surface area contributed by atoms with Gasteiger partial charge in [-0.05, 0) is 29.9 Å². The van der Waals surface area contributed by atoms with E-state index in [1.165, 1.54) is 4.88 Å². The van der Waals surface area contributed by atoms with Gasteiger partial charge in [0.05, 0.1) is 0 Å². The van der Waals surface area contributed by atoms with Gasteiger partial charge in [0.15, 0.2) is 0 Å². The summed E-state index contributed by atoms with van der Waals surface area (Å²) in [6.45, 7) is 0.624. The fraction of sp³-hybridized carbons (Fsp3) is 0.267. The highest BCUT2D eigenvalue weighted by atomic mass is 32.1. The first kappa shape index (κ1) is 12.8. The molecule has 2 nitrogen and oxygen atoms in total. The summed E-state index contributed by atoms with van der Waals surface area (Å²) in [5, 5.41) is 5.02. The van der Waals surface area contributed by atoms with Crippen LogP contribution in [0.4, 0.5) is 0 Å². The van der Waals surface area contributed by atoms with Gasteiger partial charge in [-0.2, -0.15) is 0 Å². The van der Waals surface area contributed by atoms with Gasteiger partial charge in [-0.15, -0.1) is 11.3 Å². The number of nitrogens with one attached hydrogen (secondary N) is 1. The molecule has 0 aliphatic heterocycles. The van der Waals surface area contributed by atoms with Crippen LogP contribution in [0.3, 0.4) is 0 Å². The molecular weight excluding hydrogens is 242 g/mol. The van der Waals surface area contributed by atoms with Crippen LogP contribution in [0, 0.1) is 0 Å². The summed E-state index contributed by atoms with van der Waals surface area (Å²) >= 11 is 1.75. The van der Waals surface area contributed by atoms with Crippen LogP contribution in [0.2, 0.25) is 0 Å². The van der Waals surface area contributed by atoms with E-state index in [0.29, 0.717) is 13.0 Å². The second-order valence-electron chi connectivity index (χ2n) is 4.20. The highest BCUT2D eigenvalue weighted by Crippen LogP contribution is 2.11. The maximum absolute atomic E-state index is 11.6. The van der Waals surface area contributed by atoms with Crippen molar-refractivity contribution in [2.45, 2.75) is 25.8 Å². The minimum absolute atomic E-state index is 0.135. The van der Waals surface area contributed by atoms with Gasteiger partial charge in [0.25, 0.3) is 0 Å². The van der Waals surface area contributed by atoms with E-state index in [9.17, 15) is 4.79 Å². The number of rotatable bonds is 6. The Labute approximate surface area is 112 Å². The Morgan fingerprint density at radius 2 is 1.94 bits per heavy atom. The lowest BCUT2D eigenvalue weighted by Crippen LogP contribution is -2.22. The van der Waals surface area contributed by atoms with Crippen molar-refractivity contribution in [3.8, 4) is 0 Å². The molecule has 0 atom stereocenters. The maximum Gasteiger partial charge on any atom is 0.220 e. The fourth-order valence-corrected chi connectivity index (χ4v) is 2.51. The number of amides is 1. The van der Waals surface area contributed by atoms with E-state index in [4.69, 9.17) is 0 Å². The molecule has 0 spiro atoms. The lowest BCUT2D eigenvalue weighted by molar-refractivity contribution is -0.121. The van der Waals surface area contributed by atoms with E-state index in [0.717, 1.165) is 18.4 Å². The molecular formula is C15H17NOS. The predicted molar refractivity (Wildman–Crippen MR) is 75.5 cm³/mol. The molecule has 0 saturated heterocycles. The molecule has 1 aromatic heterocycles. The largest absolute Gasteiger partial charge is 0.352 e. The zero-order valence-electron chi connectivity index (χ0n) is 10.3. The first-order valence-corrected chi connectivity index (χ1v) is 7.05. The molecule has 1 heterocycles. The minimum atomic E-state index is 0.135. The van der Waals surface area contributed by atoms with Crippen LogP contribution in [-0.2, 0) is 17.8 Å². The standard InChI is InChI=1S/C15H17NOS/c17-15(10-4-8-14-9-5-11-18-14)16-12-13-6-2-1-3-7-13/h1-3,5-7,9,11H,4,8,10,12H2,(H,16,17). The second kappa shape index (κ2) is 6.97. The van der Waals surface area contributed by atoms with Gasteiger partial charge in [-0.25, -0.2) is 0 Å². The van der Waals surface area contributed by atoms with E-state index in [2.05, 4.69) is 22.8 Å². The van der Waals surface area contributed by atoms with Crippen LogP contribution in [0.5, 0.6) is 0 Å².